The second-order valence-electron chi connectivity index (χ2n) is 5.87. The molecule has 0 fully saturated rings. The first-order valence-corrected chi connectivity index (χ1v) is 10.5. The minimum Gasteiger partial charge on any atom is -0.494 e. The minimum atomic E-state index is -3.68. The second kappa shape index (κ2) is 8.91. The molecule has 3 rings (SSSR count). The largest absolute Gasteiger partial charge is 0.494 e. The van der Waals surface area contributed by atoms with E-state index < -0.39 is 10.0 Å². The molecule has 0 saturated carbocycles. The zero-order chi connectivity index (χ0) is 20.0. The fourth-order valence-corrected chi connectivity index (χ4v) is 3.59. The molecule has 5 nitrogen and oxygen atoms in total. The van der Waals surface area contributed by atoms with Crippen LogP contribution in [-0.4, -0.2) is 21.2 Å². The van der Waals surface area contributed by atoms with Crippen LogP contribution in [0.15, 0.2) is 82.7 Å². The summed E-state index contributed by atoms with van der Waals surface area (Å²) in [6.45, 7) is 2.44. The Hall–Kier alpha value is -2.83. The van der Waals surface area contributed by atoms with E-state index >= 15 is 0 Å². The maximum absolute atomic E-state index is 12.5. The fourth-order valence-electron chi connectivity index (χ4n) is 2.41. The van der Waals surface area contributed by atoms with Crippen molar-refractivity contribution >= 4 is 39.2 Å². The summed E-state index contributed by atoms with van der Waals surface area (Å²) >= 11 is 5.86. The molecule has 144 valence electrons. The average molecular weight is 415 g/mol. The zero-order valence-electron chi connectivity index (χ0n) is 15.2. The summed E-state index contributed by atoms with van der Waals surface area (Å²) in [5.74, 6) is 0.688. The van der Waals surface area contributed by atoms with Gasteiger partial charge in [-0.15, -0.1) is 0 Å². The molecule has 0 amide bonds. The van der Waals surface area contributed by atoms with Gasteiger partial charge in [0.1, 0.15) is 5.75 Å². The Balaban J connectivity index is 1.69. The predicted octanol–water partition coefficient (Wildman–Crippen LogP) is 5.29. The summed E-state index contributed by atoms with van der Waals surface area (Å²) in [6.07, 6.45) is 1.69. The lowest BCUT2D eigenvalue weighted by Crippen LogP contribution is -2.12. The highest BCUT2D eigenvalue weighted by Crippen LogP contribution is 2.21. The van der Waals surface area contributed by atoms with Crippen molar-refractivity contribution in [2.45, 2.75) is 11.8 Å². The van der Waals surface area contributed by atoms with Gasteiger partial charge in [0.25, 0.3) is 10.0 Å². The maximum Gasteiger partial charge on any atom is 0.261 e. The molecule has 7 heteroatoms. The van der Waals surface area contributed by atoms with E-state index in [1.165, 1.54) is 12.1 Å². The number of benzene rings is 3. The molecule has 0 radical (unpaired) electrons. The normalized spacial score (nSPS) is 11.5. The smallest absolute Gasteiger partial charge is 0.261 e. The van der Waals surface area contributed by atoms with Crippen LogP contribution < -0.4 is 9.46 Å². The van der Waals surface area contributed by atoms with Crippen LogP contribution in [0.2, 0.25) is 5.02 Å². The van der Waals surface area contributed by atoms with Crippen molar-refractivity contribution in [3.63, 3.8) is 0 Å². The van der Waals surface area contributed by atoms with Crippen LogP contribution >= 0.6 is 11.6 Å². The van der Waals surface area contributed by atoms with Crippen molar-refractivity contribution in [1.29, 1.82) is 0 Å². The van der Waals surface area contributed by atoms with Crippen LogP contribution in [-0.2, 0) is 10.0 Å². The Kier molecular flexibility index (Phi) is 6.34. The van der Waals surface area contributed by atoms with Gasteiger partial charge in [-0.1, -0.05) is 23.7 Å². The van der Waals surface area contributed by atoms with E-state index in [-0.39, 0.29) is 4.90 Å². The number of sulfonamides is 1. The van der Waals surface area contributed by atoms with Crippen LogP contribution in [0.1, 0.15) is 12.5 Å². The lowest BCUT2D eigenvalue weighted by molar-refractivity contribution is 0.340. The monoisotopic (exact) mass is 414 g/mol. The molecule has 0 bridgehead atoms. The number of aliphatic imine (C=N–C) groups is 1. The summed E-state index contributed by atoms with van der Waals surface area (Å²) in [7, 11) is -3.68. The van der Waals surface area contributed by atoms with E-state index in [1.54, 1.807) is 54.7 Å². The summed E-state index contributed by atoms with van der Waals surface area (Å²) in [6, 6.07) is 20.4. The van der Waals surface area contributed by atoms with Crippen LogP contribution in [0.3, 0.4) is 0 Å². The molecule has 3 aromatic carbocycles. The number of rotatable bonds is 7. The molecular formula is C21H19ClN2O3S. The SMILES string of the molecule is CCOc1ccc(NS(=O)(=O)c2ccc(N=Cc3ccc(Cl)cc3)cc2)cc1. The number of nitrogens with one attached hydrogen (secondary N) is 1. The third-order valence-corrected chi connectivity index (χ3v) is 5.45. The van der Waals surface area contributed by atoms with Crippen LogP contribution in [0, 0.1) is 0 Å². The molecule has 28 heavy (non-hydrogen) atoms. The van der Waals surface area contributed by atoms with Gasteiger partial charge in [0.05, 0.1) is 17.2 Å². The zero-order valence-corrected chi connectivity index (χ0v) is 16.7. The van der Waals surface area contributed by atoms with E-state index in [4.69, 9.17) is 16.3 Å². The molecule has 1 N–H and O–H groups in total. The lowest BCUT2D eigenvalue weighted by atomic mass is 10.2. The quantitative estimate of drug-likeness (QED) is 0.534. The van der Waals surface area contributed by atoms with E-state index in [0.717, 1.165) is 5.56 Å². The molecule has 0 saturated heterocycles. The Morgan fingerprint density at radius 3 is 2.21 bits per heavy atom. The molecule has 0 aliphatic carbocycles. The van der Waals surface area contributed by atoms with Gasteiger partial charge in [-0.05, 0) is 73.2 Å². The summed E-state index contributed by atoms with van der Waals surface area (Å²) in [5.41, 5.74) is 2.02. The van der Waals surface area contributed by atoms with Gasteiger partial charge in [0, 0.05) is 16.9 Å². The Bertz CT molecular complexity index is 1050. The number of hydrogen-bond acceptors (Lipinski definition) is 4. The number of nitrogens with zero attached hydrogens (tertiary/aromatic N) is 1. The summed E-state index contributed by atoms with van der Waals surface area (Å²) < 4.78 is 33.0. The molecule has 0 aromatic heterocycles. The fraction of sp³-hybridized carbons (Fsp3) is 0.0952. The van der Waals surface area contributed by atoms with Gasteiger partial charge in [0.2, 0.25) is 0 Å². The van der Waals surface area contributed by atoms with Crippen molar-refractivity contribution in [2.24, 2.45) is 4.99 Å². The first-order chi connectivity index (χ1) is 13.5. The average Bonchev–Trinajstić information content (AvgIpc) is 2.69. The third-order valence-electron chi connectivity index (χ3n) is 3.80. The minimum absolute atomic E-state index is 0.159. The van der Waals surface area contributed by atoms with Gasteiger partial charge < -0.3 is 4.74 Å². The molecule has 0 aliphatic rings. The molecule has 0 atom stereocenters. The molecular weight excluding hydrogens is 396 g/mol. The Morgan fingerprint density at radius 2 is 1.61 bits per heavy atom. The molecule has 0 aliphatic heterocycles. The highest BCUT2D eigenvalue weighted by molar-refractivity contribution is 7.92. The number of halogens is 1. The number of ether oxygens (including phenoxy) is 1. The van der Waals surface area contributed by atoms with Crippen molar-refractivity contribution < 1.29 is 13.2 Å². The molecule has 0 spiro atoms. The highest BCUT2D eigenvalue weighted by atomic mass is 35.5. The highest BCUT2D eigenvalue weighted by Gasteiger charge is 2.14. The van der Waals surface area contributed by atoms with Gasteiger partial charge >= 0.3 is 0 Å². The van der Waals surface area contributed by atoms with Gasteiger partial charge in [0.15, 0.2) is 0 Å². The third kappa shape index (κ3) is 5.34. The van der Waals surface area contributed by atoms with E-state index in [9.17, 15) is 8.42 Å². The van der Waals surface area contributed by atoms with Gasteiger partial charge in [-0.2, -0.15) is 0 Å². The van der Waals surface area contributed by atoms with Crippen molar-refractivity contribution in [3.05, 3.63) is 83.4 Å². The summed E-state index contributed by atoms with van der Waals surface area (Å²) in [5, 5.41) is 0.659. The first-order valence-electron chi connectivity index (χ1n) is 8.62. The molecule has 3 aromatic rings. The molecule has 0 heterocycles. The Morgan fingerprint density at radius 1 is 0.964 bits per heavy atom. The van der Waals surface area contributed by atoms with E-state index in [2.05, 4.69) is 9.71 Å². The summed E-state index contributed by atoms with van der Waals surface area (Å²) in [4.78, 5) is 4.50. The van der Waals surface area contributed by atoms with E-state index in [1.807, 2.05) is 19.1 Å². The predicted molar refractivity (Wildman–Crippen MR) is 114 cm³/mol. The number of hydrogen-bond donors (Lipinski definition) is 1. The van der Waals surface area contributed by atoms with Crippen LogP contribution in [0.4, 0.5) is 11.4 Å². The van der Waals surface area contributed by atoms with Crippen molar-refractivity contribution in [3.8, 4) is 5.75 Å². The Labute approximate surface area is 169 Å². The van der Waals surface area contributed by atoms with E-state index in [0.29, 0.717) is 28.8 Å². The van der Waals surface area contributed by atoms with Crippen molar-refractivity contribution in [1.82, 2.24) is 0 Å². The lowest BCUT2D eigenvalue weighted by Gasteiger charge is -2.09. The first kappa shape index (κ1) is 19.9. The van der Waals surface area contributed by atoms with Crippen LogP contribution in [0.25, 0.3) is 0 Å². The maximum atomic E-state index is 12.5. The van der Waals surface area contributed by atoms with Crippen LogP contribution in [0.5, 0.6) is 5.75 Å². The second-order valence-corrected chi connectivity index (χ2v) is 7.99. The number of anilines is 1. The van der Waals surface area contributed by atoms with Crippen molar-refractivity contribution in [2.75, 3.05) is 11.3 Å². The molecule has 0 unspecified atom stereocenters. The standard InChI is InChI=1S/C21H19ClN2O3S/c1-2-27-20-11-7-19(8-12-20)24-28(25,26)21-13-9-18(10-14-21)23-15-16-3-5-17(22)6-4-16/h3-15,24H,2H2,1H3. The van der Waals surface area contributed by atoms with Gasteiger partial charge in [-0.25, -0.2) is 8.42 Å². The topological polar surface area (TPSA) is 67.8 Å². The van der Waals surface area contributed by atoms with Gasteiger partial charge in [-0.3, -0.25) is 9.71 Å².